The summed E-state index contributed by atoms with van der Waals surface area (Å²) in [6.07, 6.45) is -0.484. The number of carbonyl (C=O) groups is 1. The van der Waals surface area contributed by atoms with E-state index in [1.807, 2.05) is 4.72 Å². The summed E-state index contributed by atoms with van der Waals surface area (Å²) in [6.45, 7) is 1.53. The van der Waals surface area contributed by atoms with Crippen LogP contribution in [0.3, 0.4) is 0 Å². The Bertz CT molecular complexity index is 451. The molecule has 0 spiro atoms. The maximum absolute atomic E-state index is 11.2. The lowest BCUT2D eigenvalue weighted by Crippen LogP contribution is -2.19. The Labute approximate surface area is 85.3 Å². The van der Waals surface area contributed by atoms with Gasteiger partial charge in [-0.3, -0.25) is 4.79 Å². The summed E-state index contributed by atoms with van der Waals surface area (Å²) in [4.78, 5) is 13.8. The van der Waals surface area contributed by atoms with Crippen molar-refractivity contribution < 1.29 is 22.8 Å². The smallest absolute Gasteiger partial charge is 0.335 e. The van der Waals surface area contributed by atoms with E-state index in [2.05, 4.69) is 14.7 Å². The van der Waals surface area contributed by atoms with Crippen molar-refractivity contribution in [3.63, 3.8) is 0 Å². The summed E-state index contributed by atoms with van der Waals surface area (Å²) in [5.41, 5.74) is 0. The number of rotatable bonds is 5. The molecule has 0 radical (unpaired) electrons. The van der Waals surface area contributed by atoms with Gasteiger partial charge in [-0.25, -0.2) is 13.1 Å². The van der Waals surface area contributed by atoms with Gasteiger partial charge in [0.05, 0.1) is 12.2 Å². The zero-order valence-electron chi connectivity index (χ0n) is 7.80. The number of sulfonamides is 1. The van der Waals surface area contributed by atoms with Crippen LogP contribution in [-0.2, 0) is 14.8 Å². The summed E-state index contributed by atoms with van der Waals surface area (Å²) in [5, 5.41) is 11.7. The van der Waals surface area contributed by atoms with Crippen LogP contribution in [0.5, 0.6) is 0 Å². The minimum atomic E-state index is -3.74. The maximum atomic E-state index is 11.2. The molecule has 1 rings (SSSR count). The average Bonchev–Trinajstić information content (AvgIpc) is 2.47. The number of aliphatic carboxylic acids is 1. The van der Waals surface area contributed by atoms with E-state index < -0.39 is 28.2 Å². The van der Waals surface area contributed by atoms with Crippen molar-refractivity contribution >= 4 is 22.0 Å². The molecular weight excluding hydrogens is 226 g/mol. The van der Waals surface area contributed by atoms with Crippen LogP contribution in [0, 0.1) is 6.92 Å². The van der Waals surface area contributed by atoms with Crippen molar-refractivity contribution in [1.29, 1.82) is 0 Å². The van der Waals surface area contributed by atoms with Crippen LogP contribution in [0.25, 0.3) is 0 Å². The van der Waals surface area contributed by atoms with E-state index in [1.54, 1.807) is 0 Å². The van der Waals surface area contributed by atoms with Crippen LogP contribution in [0.2, 0.25) is 0 Å². The van der Waals surface area contributed by atoms with E-state index in [0.717, 1.165) is 0 Å². The highest BCUT2D eigenvalue weighted by molar-refractivity contribution is 7.92. The average molecular weight is 235 g/mol. The normalized spacial score (nSPS) is 11.3. The van der Waals surface area contributed by atoms with Crippen LogP contribution in [0.15, 0.2) is 4.52 Å². The second kappa shape index (κ2) is 4.26. The molecule has 0 aliphatic carbocycles. The van der Waals surface area contributed by atoms with Crippen LogP contribution in [0.4, 0.5) is 6.01 Å². The van der Waals surface area contributed by atoms with Crippen molar-refractivity contribution in [3.05, 3.63) is 5.82 Å². The number of carboxylic acids is 1. The first-order valence-corrected chi connectivity index (χ1v) is 5.57. The highest BCUT2D eigenvalue weighted by atomic mass is 32.2. The summed E-state index contributed by atoms with van der Waals surface area (Å²) >= 11 is 0. The van der Waals surface area contributed by atoms with Crippen molar-refractivity contribution in [1.82, 2.24) is 10.1 Å². The Morgan fingerprint density at radius 2 is 2.27 bits per heavy atom. The Hall–Kier alpha value is -1.64. The lowest BCUT2D eigenvalue weighted by Gasteiger charge is -2.00. The molecule has 15 heavy (non-hydrogen) atoms. The first-order chi connectivity index (χ1) is 6.89. The molecule has 2 N–H and O–H groups in total. The molecule has 0 atom stereocenters. The molecule has 84 valence electrons. The van der Waals surface area contributed by atoms with E-state index in [4.69, 9.17) is 5.11 Å². The SMILES string of the molecule is Cc1noc(NS(=O)(=O)CCC(=O)O)n1. The molecule has 0 unspecified atom stereocenters. The molecule has 0 amide bonds. The first kappa shape index (κ1) is 11.4. The molecule has 8 nitrogen and oxygen atoms in total. The van der Waals surface area contributed by atoms with Gasteiger partial charge in [0.25, 0.3) is 0 Å². The van der Waals surface area contributed by atoms with E-state index in [-0.39, 0.29) is 11.8 Å². The molecule has 0 saturated heterocycles. The van der Waals surface area contributed by atoms with Gasteiger partial charge in [-0.05, 0) is 6.92 Å². The number of nitrogens with one attached hydrogen (secondary N) is 1. The van der Waals surface area contributed by atoms with Crippen LogP contribution in [-0.4, -0.2) is 35.4 Å². The Balaban J connectivity index is 2.60. The molecule has 0 bridgehead atoms. The molecule has 0 aromatic carbocycles. The highest BCUT2D eigenvalue weighted by Gasteiger charge is 2.15. The molecular formula is C6H9N3O5S. The number of aryl methyl sites for hydroxylation is 1. The first-order valence-electron chi connectivity index (χ1n) is 3.91. The summed E-state index contributed by atoms with van der Waals surface area (Å²) < 4.78 is 28.9. The predicted octanol–water partition coefficient (Wildman–Crippen LogP) is -0.406. The summed E-state index contributed by atoms with van der Waals surface area (Å²) in [7, 11) is -3.74. The molecule has 0 saturated carbocycles. The third-order valence-electron chi connectivity index (χ3n) is 1.36. The third kappa shape index (κ3) is 3.94. The Morgan fingerprint density at radius 1 is 1.60 bits per heavy atom. The number of anilines is 1. The molecule has 1 heterocycles. The van der Waals surface area contributed by atoms with Crippen LogP contribution in [0.1, 0.15) is 12.2 Å². The van der Waals surface area contributed by atoms with Gasteiger partial charge in [0.1, 0.15) is 0 Å². The number of aromatic nitrogens is 2. The van der Waals surface area contributed by atoms with Gasteiger partial charge < -0.3 is 9.63 Å². The quantitative estimate of drug-likeness (QED) is 0.711. The van der Waals surface area contributed by atoms with Crippen molar-refractivity contribution in [3.8, 4) is 0 Å². The van der Waals surface area contributed by atoms with Crippen LogP contribution < -0.4 is 4.72 Å². The van der Waals surface area contributed by atoms with Gasteiger partial charge in [0, 0.05) is 0 Å². The largest absolute Gasteiger partial charge is 0.481 e. The summed E-state index contributed by atoms with van der Waals surface area (Å²) in [5.74, 6) is -1.45. The van der Waals surface area contributed by atoms with Gasteiger partial charge in [0.2, 0.25) is 10.0 Å². The number of hydrogen-bond donors (Lipinski definition) is 2. The summed E-state index contributed by atoms with van der Waals surface area (Å²) in [6, 6.07) is -0.266. The fourth-order valence-corrected chi connectivity index (χ4v) is 1.64. The fourth-order valence-electron chi connectivity index (χ4n) is 0.744. The lowest BCUT2D eigenvalue weighted by molar-refractivity contribution is -0.136. The maximum Gasteiger partial charge on any atom is 0.335 e. The second-order valence-corrected chi connectivity index (χ2v) is 4.55. The predicted molar refractivity (Wildman–Crippen MR) is 48.7 cm³/mol. The third-order valence-corrected chi connectivity index (χ3v) is 2.58. The van der Waals surface area contributed by atoms with E-state index in [9.17, 15) is 13.2 Å². The lowest BCUT2D eigenvalue weighted by atomic mass is 10.5. The molecule has 1 aromatic heterocycles. The van der Waals surface area contributed by atoms with Gasteiger partial charge in [-0.2, -0.15) is 4.98 Å². The van der Waals surface area contributed by atoms with Crippen molar-refractivity contribution in [2.24, 2.45) is 0 Å². The van der Waals surface area contributed by atoms with Gasteiger partial charge in [-0.1, -0.05) is 5.16 Å². The monoisotopic (exact) mass is 235 g/mol. The zero-order valence-corrected chi connectivity index (χ0v) is 8.61. The standard InChI is InChI=1S/C6H9N3O5S/c1-4-7-6(14-8-4)9-15(12,13)3-2-5(10)11/h2-3H2,1H3,(H,10,11)(H,7,8,9). The topological polar surface area (TPSA) is 122 Å². The number of hydrogen-bond acceptors (Lipinski definition) is 6. The molecule has 0 aliphatic heterocycles. The van der Waals surface area contributed by atoms with Gasteiger partial charge in [-0.15, -0.1) is 0 Å². The minimum absolute atomic E-state index is 0.266. The molecule has 0 fully saturated rings. The van der Waals surface area contributed by atoms with Crippen molar-refractivity contribution in [2.45, 2.75) is 13.3 Å². The van der Waals surface area contributed by atoms with E-state index in [0.29, 0.717) is 0 Å². The Kier molecular flexibility index (Phi) is 3.24. The fraction of sp³-hybridized carbons (Fsp3) is 0.500. The van der Waals surface area contributed by atoms with Gasteiger partial charge >= 0.3 is 12.0 Å². The molecule has 0 aliphatic rings. The minimum Gasteiger partial charge on any atom is -0.481 e. The number of nitrogens with zero attached hydrogens (tertiary/aromatic N) is 2. The second-order valence-electron chi connectivity index (χ2n) is 2.71. The Morgan fingerprint density at radius 3 is 2.73 bits per heavy atom. The van der Waals surface area contributed by atoms with Gasteiger partial charge in [0.15, 0.2) is 5.82 Å². The number of carboxylic acid groups (broad SMARTS) is 1. The molecule has 9 heteroatoms. The van der Waals surface area contributed by atoms with E-state index >= 15 is 0 Å². The van der Waals surface area contributed by atoms with Crippen molar-refractivity contribution in [2.75, 3.05) is 10.5 Å². The zero-order chi connectivity index (χ0) is 11.5. The van der Waals surface area contributed by atoms with E-state index in [1.165, 1.54) is 6.92 Å². The molecule has 1 aromatic rings. The van der Waals surface area contributed by atoms with Crippen LogP contribution >= 0.6 is 0 Å². The highest BCUT2D eigenvalue weighted by Crippen LogP contribution is 2.05.